The number of hydrogen-bond donors (Lipinski definition) is 1. The second-order valence-electron chi connectivity index (χ2n) is 4.79. The highest BCUT2D eigenvalue weighted by molar-refractivity contribution is 7.91. The lowest BCUT2D eigenvalue weighted by atomic mass is 9.93. The molecular weight excluding hydrogens is 248 g/mol. The van der Waals surface area contributed by atoms with Crippen molar-refractivity contribution in [3.8, 4) is 6.07 Å². The molecule has 0 radical (unpaired) electrons. The Morgan fingerprint density at radius 2 is 1.89 bits per heavy atom. The molecule has 0 aliphatic carbocycles. The molecule has 2 rings (SSSR count). The highest BCUT2D eigenvalue weighted by Crippen LogP contribution is 2.28. The molecule has 0 saturated carbocycles. The molecule has 4 nitrogen and oxygen atoms in total. The van der Waals surface area contributed by atoms with Gasteiger partial charge in [-0.2, -0.15) is 5.26 Å². The van der Waals surface area contributed by atoms with Crippen LogP contribution in [0, 0.1) is 18.3 Å². The fraction of sp³-hybridized carbons (Fsp3) is 0.462. The van der Waals surface area contributed by atoms with Gasteiger partial charge in [0, 0.05) is 5.69 Å². The van der Waals surface area contributed by atoms with E-state index in [0.29, 0.717) is 12.8 Å². The van der Waals surface area contributed by atoms with Gasteiger partial charge in [0.25, 0.3) is 0 Å². The van der Waals surface area contributed by atoms with E-state index >= 15 is 0 Å². The van der Waals surface area contributed by atoms with Gasteiger partial charge in [-0.15, -0.1) is 0 Å². The highest BCUT2D eigenvalue weighted by atomic mass is 32.2. The van der Waals surface area contributed by atoms with Crippen molar-refractivity contribution in [3.63, 3.8) is 0 Å². The van der Waals surface area contributed by atoms with Crippen LogP contribution >= 0.6 is 0 Å². The third-order valence-electron chi connectivity index (χ3n) is 3.41. The summed E-state index contributed by atoms with van der Waals surface area (Å²) in [4.78, 5) is 0. The summed E-state index contributed by atoms with van der Waals surface area (Å²) in [5, 5.41) is 12.6. The molecule has 5 heteroatoms. The van der Waals surface area contributed by atoms with Gasteiger partial charge in [0.05, 0.1) is 17.6 Å². The van der Waals surface area contributed by atoms with Crippen LogP contribution in [0.3, 0.4) is 0 Å². The van der Waals surface area contributed by atoms with Crippen LogP contribution in [0.2, 0.25) is 0 Å². The minimum Gasteiger partial charge on any atom is -0.367 e. The number of nitrogens with one attached hydrogen (secondary N) is 1. The first kappa shape index (κ1) is 12.9. The number of nitrogens with zero attached hydrogens (tertiary/aromatic N) is 1. The zero-order chi connectivity index (χ0) is 13.2. The number of hydrogen-bond acceptors (Lipinski definition) is 4. The van der Waals surface area contributed by atoms with Gasteiger partial charge >= 0.3 is 0 Å². The lowest BCUT2D eigenvalue weighted by molar-refractivity contribution is 0.505. The molecule has 1 aromatic rings. The number of sulfone groups is 1. The first-order valence-corrected chi connectivity index (χ1v) is 7.74. The van der Waals surface area contributed by atoms with Crippen LogP contribution in [0.4, 0.5) is 5.69 Å². The molecule has 0 bridgehead atoms. The number of anilines is 1. The molecule has 1 aliphatic rings. The number of aryl methyl sites for hydroxylation is 1. The predicted molar refractivity (Wildman–Crippen MR) is 71.0 cm³/mol. The molecule has 96 valence electrons. The van der Waals surface area contributed by atoms with E-state index in [1.54, 1.807) is 0 Å². The molecule has 0 atom stereocenters. The normalized spacial score (nSPS) is 20.9. The molecule has 0 spiro atoms. The Morgan fingerprint density at radius 3 is 2.44 bits per heavy atom. The smallest absolute Gasteiger partial charge is 0.150 e. The van der Waals surface area contributed by atoms with Crippen molar-refractivity contribution >= 4 is 15.5 Å². The molecule has 0 aromatic heterocycles. The maximum Gasteiger partial charge on any atom is 0.150 e. The van der Waals surface area contributed by atoms with Gasteiger partial charge in [-0.3, -0.25) is 0 Å². The molecule has 1 aliphatic heterocycles. The molecule has 1 N–H and O–H groups in total. The average Bonchev–Trinajstić information content (AvgIpc) is 2.35. The lowest BCUT2D eigenvalue weighted by Crippen LogP contribution is -2.44. The second-order valence-corrected chi connectivity index (χ2v) is 7.09. The van der Waals surface area contributed by atoms with E-state index in [2.05, 4.69) is 11.4 Å². The Morgan fingerprint density at radius 1 is 1.28 bits per heavy atom. The SMILES string of the molecule is Cc1ccccc1NC1(C#N)CCS(=O)(=O)CC1. The molecule has 1 heterocycles. The van der Waals surface area contributed by atoms with Gasteiger partial charge in [-0.25, -0.2) is 8.42 Å². The number of benzene rings is 1. The van der Waals surface area contributed by atoms with Crippen molar-refractivity contribution in [2.24, 2.45) is 0 Å². The molecule has 0 amide bonds. The van der Waals surface area contributed by atoms with Crippen LogP contribution in [0.1, 0.15) is 18.4 Å². The van der Waals surface area contributed by atoms with Crippen molar-refractivity contribution in [1.82, 2.24) is 0 Å². The van der Waals surface area contributed by atoms with Crippen LogP contribution in [0.5, 0.6) is 0 Å². The van der Waals surface area contributed by atoms with E-state index in [-0.39, 0.29) is 11.5 Å². The fourth-order valence-corrected chi connectivity index (χ4v) is 3.65. The summed E-state index contributed by atoms with van der Waals surface area (Å²) in [7, 11) is -2.96. The maximum atomic E-state index is 11.4. The van der Waals surface area contributed by atoms with Gasteiger partial charge in [0.2, 0.25) is 0 Å². The topological polar surface area (TPSA) is 70.0 Å². The summed E-state index contributed by atoms with van der Waals surface area (Å²) in [5.41, 5.74) is 1.20. The third kappa shape index (κ3) is 2.65. The van der Waals surface area contributed by atoms with E-state index in [0.717, 1.165) is 11.3 Å². The van der Waals surface area contributed by atoms with Gasteiger partial charge in [0.1, 0.15) is 5.54 Å². The van der Waals surface area contributed by atoms with Gasteiger partial charge in [-0.1, -0.05) is 18.2 Å². The van der Waals surface area contributed by atoms with Crippen LogP contribution < -0.4 is 5.32 Å². The summed E-state index contributed by atoms with van der Waals surface area (Å²) in [6.45, 7) is 1.97. The summed E-state index contributed by atoms with van der Waals surface area (Å²) >= 11 is 0. The fourth-order valence-electron chi connectivity index (χ4n) is 2.12. The van der Waals surface area contributed by atoms with Crippen LogP contribution in [0.25, 0.3) is 0 Å². The second kappa shape index (κ2) is 4.62. The van der Waals surface area contributed by atoms with Crippen molar-refractivity contribution in [2.75, 3.05) is 16.8 Å². The first-order chi connectivity index (χ1) is 8.46. The zero-order valence-corrected chi connectivity index (χ0v) is 11.1. The quantitative estimate of drug-likeness (QED) is 0.885. The van der Waals surface area contributed by atoms with Crippen molar-refractivity contribution in [1.29, 1.82) is 5.26 Å². The van der Waals surface area contributed by atoms with Crippen LogP contribution in [-0.2, 0) is 9.84 Å². The Bertz CT molecular complexity index is 573. The summed E-state index contributed by atoms with van der Waals surface area (Å²) in [5.74, 6) is 0.166. The van der Waals surface area contributed by atoms with Crippen LogP contribution in [-0.4, -0.2) is 25.5 Å². The van der Waals surface area contributed by atoms with Gasteiger partial charge in [-0.05, 0) is 31.4 Å². The Kier molecular flexibility index (Phi) is 3.31. The molecule has 0 unspecified atom stereocenters. The predicted octanol–water partition coefficient (Wildman–Crippen LogP) is 1.88. The number of para-hydroxylation sites is 1. The van der Waals surface area contributed by atoms with Crippen molar-refractivity contribution < 1.29 is 8.42 Å². The number of nitriles is 1. The highest BCUT2D eigenvalue weighted by Gasteiger charge is 2.37. The largest absolute Gasteiger partial charge is 0.367 e. The first-order valence-electron chi connectivity index (χ1n) is 5.92. The van der Waals surface area contributed by atoms with Crippen molar-refractivity contribution in [2.45, 2.75) is 25.3 Å². The molecule has 1 aromatic carbocycles. The standard InChI is InChI=1S/C13H16N2O2S/c1-11-4-2-3-5-12(11)15-13(10-14)6-8-18(16,17)9-7-13/h2-5,15H,6-9H2,1H3. The maximum absolute atomic E-state index is 11.4. The van der Waals surface area contributed by atoms with E-state index in [9.17, 15) is 13.7 Å². The number of rotatable bonds is 2. The van der Waals surface area contributed by atoms with Gasteiger partial charge < -0.3 is 5.32 Å². The Hall–Kier alpha value is -1.54. The average molecular weight is 264 g/mol. The van der Waals surface area contributed by atoms with Crippen LogP contribution in [0.15, 0.2) is 24.3 Å². The molecule has 18 heavy (non-hydrogen) atoms. The van der Waals surface area contributed by atoms with E-state index in [4.69, 9.17) is 0 Å². The Labute approximate surface area is 108 Å². The van der Waals surface area contributed by atoms with E-state index in [1.165, 1.54) is 0 Å². The summed E-state index contributed by atoms with van der Waals surface area (Å²) in [6.07, 6.45) is 0.695. The van der Waals surface area contributed by atoms with Crippen molar-refractivity contribution in [3.05, 3.63) is 29.8 Å². The van der Waals surface area contributed by atoms with E-state index in [1.807, 2.05) is 31.2 Å². The zero-order valence-electron chi connectivity index (χ0n) is 10.3. The summed E-state index contributed by atoms with van der Waals surface area (Å²) < 4.78 is 22.9. The monoisotopic (exact) mass is 264 g/mol. The molecular formula is C13H16N2O2S. The minimum atomic E-state index is -2.96. The molecule has 1 saturated heterocycles. The molecule has 1 fully saturated rings. The van der Waals surface area contributed by atoms with E-state index < -0.39 is 15.4 Å². The lowest BCUT2D eigenvalue weighted by Gasteiger charge is -2.32. The Balaban J connectivity index is 2.21. The third-order valence-corrected chi connectivity index (χ3v) is 5.06. The van der Waals surface area contributed by atoms with Gasteiger partial charge in [0.15, 0.2) is 9.84 Å². The minimum absolute atomic E-state index is 0.0828. The summed E-state index contributed by atoms with van der Waals surface area (Å²) in [6, 6.07) is 9.97.